The van der Waals surface area contributed by atoms with E-state index in [0.717, 1.165) is 12.3 Å². The molecule has 98 valence electrons. The SMILES string of the molecule is CCC.NC(CC1CCCCC1)C(O)CS. The Morgan fingerprint density at radius 2 is 1.75 bits per heavy atom. The number of nitrogens with two attached hydrogens (primary N) is 1. The van der Waals surface area contributed by atoms with Crippen molar-refractivity contribution in [2.24, 2.45) is 11.7 Å². The van der Waals surface area contributed by atoms with Crippen LogP contribution in [0.4, 0.5) is 0 Å². The summed E-state index contributed by atoms with van der Waals surface area (Å²) in [5.74, 6) is 1.23. The van der Waals surface area contributed by atoms with Gasteiger partial charge in [0, 0.05) is 11.8 Å². The van der Waals surface area contributed by atoms with Gasteiger partial charge in [-0.15, -0.1) is 0 Å². The van der Waals surface area contributed by atoms with Crippen molar-refractivity contribution in [1.82, 2.24) is 0 Å². The first-order valence-electron chi connectivity index (χ1n) is 6.70. The highest BCUT2D eigenvalue weighted by atomic mass is 32.1. The smallest absolute Gasteiger partial charge is 0.0778 e. The Kier molecular flexibility index (Phi) is 10.6. The first-order chi connectivity index (χ1) is 7.65. The lowest BCUT2D eigenvalue weighted by Gasteiger charge is -2.26. The van der Waals surface area contributed by atoms with Crippen LogP contribution in [0.1, 0.15) is 58.8 Å². The Morgan fingerprint density at radius 1 is 1.25 bits per heavy atom. The highest BCUT2D eigenvalue weighted by Crippen LogP contribution is 2.27. The van der Waals surface area contributed by atoms with Crippen LogP contribution in [0.3, 0.4) is 0 Å². The minimum absolute atomic E-state index is 0.0689. The maximum absolute atomic E-state index is 9.46. The largest absolute Gasteiger partial charge is 0.391 e. The lowest BCUT2D eigenvalue weighted by atomic mass is 9.84. The molecule has 0 saturated heterocycles. The highest BCUT2D eigenvalue weighted by molar-refractivity contribution is 7.80. The fraction of sp³-hybridized carbons (Fsp3) is 1.00. The van der Waals surface area contributed by atoms with Gasteiger partial charge in [-0.3, -0.25) is 0 Å². The second kappa shape index (κ2) is 10.4. The minimum atomic E-state index is -0.426. The van der Waals surface area contributed by atoms with Gasteiger partial charge in [-0.05, 0) is 12.3 Å². The predicted octanol–water partition coefficient (Wildman–Crippen LogP) is 2.99. The highest BCUT2D eigenvalue weighted by Gasteiger charge is 2.20. The van der Waals surface area contributed by atoms with Gasteiger partial charge in [0.15, 0.2) is 0 Å². The van der Waals surface area contributed by atoms with E-state index in [1.165, 1.54) is 38.5 Å². The van der Waals surface area contributed by atoms with Crippen molar-refractivity contribution in [3.05, 3.63) is 0 Å². The molecule has 0 amide bonds. The minimum Gasteiger partial charge on any atom is -0.391 e. The van der Waals surface area contributed by atoms with Crippen LogP contribution in [0.5, 0.6) is 0 Å². The van der Waals surface area contributed by atoms with Crippen LogP contribution < -0.4 is 5.73 Å². The Labute approximate surface area is 106 Å². The van der Waals surface area contributed by atoms with E-state index < -0.39 is 6.10 Å². The molecule has 16 heavy (non-hydrogen) atoms. The van der Waals surface area contributed by atoms with Gasteiger partial charge in [-0.2, -0.15) is 12.6 Å². The van der Waals surface area contributed by atoms with Gasteiger partial charge in [-0.25, -0.2) is 0 Å². The van der Waals surface area contributed by atoms with E-state index in [0.29, 0.717) is 5.75 Å². The first-order valence-corrected chi connectivity index (χ1v) is 7.33. The van der Waals surface area contributed by atoms with Crippen molar-refractivity contribution >= 4 is 12.6 Å². The summed E-state index contributed by atoms with van der Waals surface area (Å²) >= 11 is 4.04. The second-order valence-corrected chi connectivity index (χ2v) is 5.23. The quantitative estimate of drug-likeness (QED) is 0.669. The van der Waals surface area contributed by atoms with Crippen LogP contribution in [-0.4, -0.2) is 23.0 Å². The summed E-state index contributed by atoms with van der Waals surface area (Å²) < 4.78 is 0. The average Bonchev–Trinajstić information content (AvgIpc) is 2.30. The fourth-order valence-corrected chi connectivity index (χ4v) is 2.37. The molecule has 2 nitrogen and oxygen atoms in total. The summed E-state index contributed by atoms with van der Waals surface area (Å²) in [6, 6.07) is -0.0689. The molecule has 1 saturated carbocycles. The Balaban J connectivity index is 0.000000673. The molecule has 0 aromatic heterocycles. The van der Waals surface area contributed by atoms with Crippen molar-refractivity contribution < 1.29 is 5.11 Å². The van der Waals surface area contributed by atoms with E-state index in [9.17, 15) is 5.11 Å². The van der Waals surface area contributed by atoms with Crippen molar-refractivity contribution in [3.63, 3.8) is 0 Å². The molecule has 0 aromatic rings. The third kappa shape index (κ3) is 7.53. The van der Waals surface area contributed by atoms with Gasteiger partial charge in [0.2, 0.25) is 0 Å². The molecule has 0 aliphatic heterocycles. The van der Waals surface area contributed by atoms with Crippen molar-refractivity contribution in [1.29, 1.82) is 0 Å². The van der Waals surface area contributed by atoms with Gasteiger partial charge in [-0.1, -0.05) is 52.4 Å². The molecule has 0 spiro atoms. The van der Waals surface area contributed by atoms with Crippen molar-refractivity contribution in [3.8, 4) is 0 Å². The molecule has 1 rings (SSSR count). The normalized spacial score (nSPS) is 20.8. The van der Waals surface area contributed by atoms with Gasteiger partial charge >= 0.3 is 0 Å². The molecule has 1 aliphatic carbocycles. The van der Waals surface area contributed by atoms with Crippen LogP contribution in [-0.2, 0) is 0 Å². The summed E-state index contributed by atoms with van der Waals surface area (Å²) in [5, 5.41) is 9.46. The monoisotopic (exact) mass is 247 g/mol. The Morgan fingerprint density at radius 3 is 2.19 bits per heavy atom. The van der Waals surface area contributed by atoms with Gasteiger partial charge in [0.25, 0.3) is 0 Å². The molecule has 1 aliphatic rings. The second-order valence-electron chi connectivity index (χ2n) is 4.86. The fourth-order valence-electron chi connectivity index (χ4n) is 2.10. The molecule has 0 aromatic carbocycles. The molecular formula is C13H29NOS. The molecule has 1 fully saturated rings. The topological polar surface area (TPSA) is 46.2 Å². The van der Waals surface area contributed by atoms with E-state index in [-0.39, 0.29) is 6.04 Å². The molecule has 0 bridgehead atoms. The first kappa shape index (κ1) is 16.3. The number of aliphatic hydroxyl groups is 1. The summed E-state index contributed by atoms with van der Waals surface area (Å²) in [6.45, 7) is 4.25. The third-order valence-electron chi connectivity index (χ3n) is 3.01. The number of hydrogen-bond acceptors (Lipinski definition) is 3. The number of rotatable bonds is 4. The van der Waals surface area contributed by atoms with Crippen LogP contribution in [0.15, 0.2) is 0 Å². The maximum atomic E-state index is 9.46. The van der Waals surface area contributed by atoms with Crippen LogP contribution >= 0.6 is 12.6 Å². The lowest BCUT2D eigenvalue weighted by molar-refractivity contribution is 0.147. The van der Waals surface area contributed by atoms with E-state index in [1.54, 1.807) is 0 Å². The zero-order valence-electron chi connectivity index (χ0n) is 10.9. The molecule has 2 unspecified atom stereocenters. The number of aliphatic hydroxyl groups excluding tert-OH is 1. The van der Waals surface area contributed by atoms with E-state index in [2.05, 4.69) is 26.5 Å². The lowest BCUT2D eigenvalue weighted by Crippen LogP contribution is -2.37. The van der Waals surface area contributed by atoms with Crippen molar-refractivity contribution in [2.45, 2.75) is 70.9 Å². The Bertz CT molecular complexity index is 149. The molecule has 3 N–H and O–H groups in total. The van der Waals surface area contributed by atoms with Crippen molar-refractivity contribution in [2.75, 3.05) is 5.75 Å². The summed E-state index contributed by atoms with van der Waals surface area (Å²) in [4.78, 5) is 0. The van der Waals surface area contributed by atoms with E-state index >= 15 is 0 Å². The molecule has 0 heterocycles. The van der Waals surface area contributed by atoms with E-state index in [1.807, 2.05) is 0 Å². The summed E-state index contributed by atoms with van der Waals surface area (Å²) in [6.07, 6.45) is 8.45. The zero-order chi connectivity index (χ0) is 12.4. The molecule has 0 radical (unpaired) electrons. The summed E-state index contributed by atoms with van der Waals surface area (Å²) in [5.41, 5.74) is 5.86. The molecule has 2 atom stereocenters. The predicted molar refractivity (Wildman–Crippen MR) is 75.0 cm³/mol. The average molecular weight is 247 g/mol. The molecular weight excluding hydrogens is 218 g/mol. The molecule has 3 heteroatoms. The number of thiol groups is 1. The van der Waals surface area contributed by atoms with Gasteiger partial charge in [0.05, 0.1) is 6.10 Å². The zero-order valence-corrected chi connectivity index (χ0v) is 11.8. The van der Waals surface area contributed by atoms with E-state index in [4.69, 9.17) is 5.73 Å². The van der Waals surface area contributed by atoms with Crippen LogP contribution in [0, 0.1) is 5.92 Å². The van der Waals surface area contributed by atoms with Crippen LogP contribution in [0.25, 0.3) is 0 Å². The Hall–Kier alpha value is 0.270. The third-order valence-corrected chi connectivity index (χ3v) is 3.39. The van der Waals surface area contributed by atoms with Gasteiger partial charge < -0.3 is 10.8 Å². The standard InChI is InChI=1S/C10H21NOS.C3H8/c11-9(10(12)7-13)6-8-4-2-1-3-5-8;1-3-2/h8-10,12-13H,1-7,11H2;3H2,1-2H3. The summed E-state index contributed by atoms with van der Waals surface area (Å²) in [7, 11) is 0. The number of hydrogen-bond donors (Lipinski definition) is 3. The van der Waals surface area contributed by atoms with Crippen LogP contribution in [0.2, 0.25) is 0 Å². The van der Waals surface area contributed by atoms with Gasteiger partial charge in [0.1, 0.15) is 0 Å². The maximum Gasteiger partial charge on any atom is 0.0778 e.